The van der Waals surface area contributed by atoms with E-state index in [1.807, 2.05) is 39.1 Å². The van der Waals surface area contributed by atoms with E-state index in [2.05, 4.69) is 14.5 Å². The molecule has 18 heavy (non-hydrogen) atoms. The van der Waals surface area contributed by atoms with Crippen LogP contribution in [0.1, 0.15) is 11.6 Å². The Bertz CT molecular complexity index is 739. The highest BCUT2D eigenvalue weighted by atomic mass is 16.4. The minimum absolute atomic E-state index is 0.194. The smallest absolute Gasteiger partial charge is 0.292 e. The first kappa shape index (κ1) is 10.8. The molecule has 0 saturated carbocycles. The maximum Gasteiger partial charge on any atom is 0.292 e. The highest BCUT2D eigenvalue weighted by Crippen LogP contribution is 2.27. The number of anilines is 1. The van der Waals surface area contributed by atoms with E-state index in [-0.39, 0.29) is 6.01 Å². The van der Waals surface area contributed by atoms with Gasteiger partial charge in [0.25, 0.3) is 6.01 Å². The molecule has 0 aliphatic heterocycles. The maximum atomic E-state index is 5.56. The number of rotatable bonds is 1. The van der Waals surface area contributed by atoms with Crippen LogP contribution in [0.5, 0.6) is 0 Å². The highest BCUT2D eigenvalue weighted by molar-refractivity contribution is 5.82. The second kappa shape index (κ2) is 3.60. The van der Waals surface area contributed by atoms with Gasteiger partial charge in [-0.3, -0.25) is 0 Å². The lowest BCUT2D eigenvalue weighted by molar-refractivity contribution is 0.549. The van der Waals surface area contributed by atoms with Crippen LogP contribution < -0.4 is 5.73 Å². The summed E-state index contributed by atoms with van der Waals surface area (Å²) in [6, 6.07) is 6.25. The van der Waals surface area contributed by atoms with Crippen molar-refractivity contribution in [2.45, 2.75) is 13.8 Å². The quantitative estimate of drug-likeness (QED) is 0.711. The Balaban J connectivity index is 2.22. The van der Waals surface area contributed by atoms with Gasteiger partial charge in [-0.05, 0) is 26.0 Å². The molecule has 2 N–H and O–H groups in total. The molecule has 5 nitrogen and oxygen atoms in total. The largest absolute Gasteiger partial charge is 0.429 e. The number of aromatic nitrogens is 3. The van der Waals surface area contributed by atoms with Crippen LogP contribution in [0.15, 0.2) is 22.6 Å². The van der Waals surface area contributed by atoms with E-state index in [4.69, 9.17) is 10.2 Å². The molecular weight excluding hydrogens is 228 g/mol. The maximum absolute atomic E-state index is 5.56. The molecule has 5 heteroatoms. The summed E-state index contributed by atoms with van der Waals surface area (Å²) in [7, 11) is 2.00. The molecule has 0 aliphatic carbocycles. The molecule has 2 heterocycles. The van der Waals surface area contributed by atoms with E-state index in [1.165, 1.54) is 0 Å². The third kappa shape index (κ3) is 1.48. The molecule has 0 radical (unpaired) electrons. The average Bonchev–Trinajstić information content (AvgIpc) is 2.80. The number of nitrogens with two attached hydrogens (primary N) is 1. The first-order valence-corrected chi connectivity index (χ1v) is 5.72. The topological polar surface area (TPSA) is 69.9 Å². The summed E-state index contributed by atoms with van der Waals surface area (Å²) in [5.41, 5.74) is 9.36. The van der Waals surface area contributed by atoms with Crippen molar-refractivity contribution in [3.05, 3.63) is 29.8 Å². The van der Waals surface area contributed by atoms with E-state index < -0.39 is 0 Å². The van der Waals surface area contributed by atoms with Crippen LogP contribution in [0.3, 0.4) is 0 Å². The highest BCUT2D eigenvalue weighted by Gasteiger charge is 2.12. The van der Waals surface area contributed by atoms with Crippen molar-refractivity contribution in [2.75, 3.05) is 5.73 Å². The zero-order chi connectivity index (χ0) is 12.9. The monoisotopic (exact) mass is 242 g/mol. The molecule has 3 rings (SSSR count). The van der Waals surface area contributed by atoms with Crippen LogP contribution in [0, 0.1) is 13.8 Å². The number of hydrogen-bond acceptors (Lipinski definition) is 4. The number of nitrogen functional groups attached to an aromatic ring is 1. The van der Waals surface area contributed by atoms with Gasteiger partial charge in [-0.1, -0.05) is 6.07 Å². The van der Waals surface area contributed by atoms with Crippen LogP contribution in [-0.4, -0.2) is 14.5 Å². The predicted molar refractivity (Wildman–Crippen MR) is 70.1 cm³/mol. The van der Waals surface area contributed by atoms with Crippen molar-refractivity contribution >= 4 is 17.0 Å². The van der Waals surface area contributed by atoms with Crippen molar-refractivity contribution in [3.63, 3.8) is 0 Å². The fraction of sp³-hybridized carbons (Fsp3) is 0.231. The number of fused-ring (bicyclic) bond motifs is 1. The standard InChI is InChI=1S/C13H14N4O/c1-7-12(16-13(14)18-7)9-4-5-11-10(6-9)15-8(2)17(11)3/h4-6H,1-3H3,(H2,14,16). The van der Waals surface area contributed by atoms with Gasteiger partial charge >= 0.3 is 0 Å². The summed E-state index contributed by atoms with van der Waals surface area (Å²) in [4.78, 5) is 8.70. The lowest BCUT2D eigenvalue weighted by Crippen LogP contribution is -1.90. The Kier molecular flexibility index (Phi) is 2.16. The Morgan fingerprint density at radius 3 is 2.67 bits per heavy atom. The molecule has 3 aromatic rings. The molecule has 0 bridgehead atoms. The zero-order valence-corrected chi connectivity index (χ0v) is 10.6. The van der Waals surface area contributed by atoms with Gasteiger partial charge in [0, 0.05) is 12.6 Å². The molecule has 0 atom stereocenters. The molecule has 0 spiro atoms. The number of aryl methyl sites for hydroxylation is 3. The summed E-state index contributed by atoms with van der Waals surface area (Å²) in [6.07, 6.45) is 0. The van der Waals surface area contributed by atoms with Gasteiger partial charge in [0.15, 0.2) is 0 Å². The average molecular weight is 242 g/mol. The summed E-state index contributed by atoms with van der Waals surface area (Å²) in [5, 5.41) is 0. The molecular formula is C13H14N4O. The Hall–Kier alpha value is -2.30. The van der Waals surface area contributed by atoms with Gasteiger partial charge < -0.3 is 14.7 Å². The predicted octanol–water partition coefficient (Wildman–Crippen LogP) is 2.43. The minimum atomic E-state index is 0.194. The van der Waals surface area contributed by atoms with Gasteiger partial charge in [0.2, 0.25) is 0 Å². The first-order valence-electron chi connectivity index (χ1n) is 5.72. The Morgan fingerprint density at radius 2 is 2.00 bits per heavy atom. The van der Waals surface area contributed by atoms with Crippen LogP contribution in [-0.2, 0) is 7.05 Å². The summed E-state index contributed by atoms with van der Waals surface area (Å²) < 4.78 is 7.31. The molecule has 0 fully saturated rings. The van der Waals surface area contributed by atoms with E-state index in [0.29, 0.717) is 0 Å². The van der Waals surface area contributed by atoms with Gasteiger partial charge in [-0.15, -0.1) is 0 Å². The van der Waals surface area contributed by atoms with Gasteiger partial charge in [-0.2, -0.15) is 4.98 Å². The SMILES string of the molecule is Cc1oc(N)nc1-c1ccc2c(c1)nc(C)n2C. The van der Waals surface area contributed by atoms with Crippen molar-refractivity contribution in [2.24, 2.45) is 7.05 Å². The number of nitrogens with zero attached hydrogens (tertiary/aromatic N) is 3. The number of benzene rings is 1. The Morgan fingerprint density at radius 1 is 1.22 bits per heavy atom. The van der Waals surface area contributed by atoms with Crippen LogP contribution in [0.2, 0.25) is 0 Å². The van der Waals surface area contributed by atoms with Crippen LogP contribution in [0.25, 0.3) is 22.3 Å². The third-order valence-corrected chi connectivity index (χ3v) is 3.19. The number of imidazole rings is 1. The van der Waals surface area contributed by atoms with Crippen molar-refractivity contribution in [3.8, 4) is 11.3 Å². The zero-order valence-electron chi connectivity index (χ0n) is 10.6. The van der Waals surface area contributed by atoms with E-state index in [9.17, 15) is 0 Å². The summed E-state index contributed by atoms with van der Waals surface area (Å²) in [6.45, 7) is 3.84. The molecule has 0 unspecified atom stereocenters. The van der Waals surface area contributed by atoms with Crippen molar-refractivity contribution in [1.82, 2.24) is 14.5 Å². The fourth-order valence-corrected chi connectivity index (χ4v) is 2.15. The van der Waals surface area contributed by atoms with Gasteiger partial charge in [0.05, 0.1) is 11.0 Å². The van der Waals surface area contributed by atoms with Gasteiger partial charge in [0.1, 0.15) is 17.3 Å². The summed E-state index contributed by atoms with van der Waals surface area (Å²) >= 11 is 0. The molecule has 1 aromatic carbocycles. The first-order chi connectivity index (χ1) is 8.56. The number of hydrogen-bond donors (Lipinski definition) is 1. The van der Waals surface area contributed by atoms with E-state index >= 15 is 0 Å². The van der Waals surface area contributed by atoms with Crippen LogP contribution >= 0.6 is 0 Å². The summed E-state index contributed by atoms with van der Waals surface area (Å²) in [5.74, 6) is 1.71. The molecule has 0 saturated heterocycles. The second-order valence-electron chi connectivity index (χ2n) is 4.38. The normalized spacial score (nSPS) is 11.3. The van der Waals surface area contributed by atoms with Crippen molar-refractivity contribution in [1.29, 1.82) is 0 Å². The molecule has 0 aliphatic rings. The third-order valence-electron chi connectivity index (χ3n) is 3.19. The molecule has 2 aromatic heterocycles. The van der Waals surface area contributed by atoms with Crippen LogP contribution in [0.4, 0.5) is 6.01 Å². The minimum Gasteiger partial charge on any atom is -0.429 e. The molecule has 0 amide bonds. The van der Waals surface area contributed by atoms with E-state index in [0.717, 1.165) is 33.9 Å². The second-order valence-corrected chi connectivity index (χ2v) is 4.38. The number of oxazole rings is 1. The van der Waals surface area contributed by atoms with Crippen molar-refractivity contribution < 1.29 is 4.42 Å². The lowest BCUT2D eigenvalue weighted by atomic mass is 10.1. The van der Waals surface area contributed by atoms with Gasteiger partial charge in [-0.25, -0.2) is 4.98 Å². The molecule has 92 valence electrons. The van der Waals surface area contributed by atoms with E-state index in [1.54, 1.807) is 0 Å². The lowest BCUT2D eigenvalue weighted by Gasteiger charge is -1.99. The Labute approximate surface area is 104 Å². The fourth-order valence-electron chi connectivity index (χ4n) is 2.15.